The van der Waals surface area contributed by atoms with Crippen LogP contribution in [0.5, 0.6) is 11.5 Å². The third-order valence-corrected chi connectivity index (χ3v) is 2.89. The van der Waals surface area contributed by atoms with Crippen molar-refractivity contribution >= 4 is 5.91 Å². The number of methoxy groups -OCH3 is 2. The minimum absolute atomic E-state index is 0.114. The predicted octanol–water partition coefficient (Wildman–Crippen LogP) is 1.82. The molecule has 2 N–H and O–H groups in total. The minimum atomic E-state index is -0.759. The maximum absolute atomic E-state index is 11.5. The van der Waals surface area contributed by atoms with Crippen LogP contribution in [0, 0.1) is 0 Å². The third kappa shape index (κ3) is 4.59. The van der Waals surface area contributed by atoms with Gasteiger partial charge in [-0.3, -0.25) is 4.79 Å². The first-order chi connectivity index (χ1) is 9.62. The number of carbonyl (C=O) groups is 1. The summed E-state index contributed by atoms with van der Waals surface area (Å²) in [5.74, 6) is 1.08. The van der Waals surface area contributed by atoms with E-state index in [-0.39, 0.29) is 12.3 Å². The van der Waals surface area contributed by atoms with E-state index in [1.54, 1.807) is 31.4 Å². The Morgan fingerprint density at radius 3 is 2.80 bits per heavy atom. The number of carbonyl (C=O) groups excluding carboxylic acids is 1. The van der Waals surface area contributed by atoms with Crippen molar-refractivity contribution < 1.29 is 19.4 Å². The highest BCUT2D eigenvalue weighted by Gasteiger charge is 2.15. The van der Waals surface area contributed by atoms with E-state index >= 15 is 0 Å². The van der Waals surface area contributed by atoms with E-state index in [0.29, 0.717) is 30.0 Å². The van der Waals surface area contributed by atoms with Gasteiger partial charge in [-0.15, -0.1) is 6.58 Å². The lowest BCUT2D eigenvalue weighted by Gasteiger charge is -2.15. The summed E-state index contributed by atoms with van der Waals surface area (Å²) in [6.45, 7) is 3.95. The fourth-order valence-electron chi connectivity index (χ4n) is 1.79. The van der Waals surface area contributed by atoms with Crippen LogP contribution in [0.2, 0.25) is 0 Å². The van der Waals surface area contributed by atoms with Gasteiger partial charge in [-0.25, -0.2) is 0 Å². The van der Waals surface area contributed by atoms with E-state index in [4.69, 9.17) is 9.47 Å². The van der Waals surface area contributed by atoms with Crippen molar-refractivity contribution in [2.45, 2.75) is 18.9 Å². The number of aliphatic hydroxyl groups excluding tert-OH is 1. The second kappa shape index (κ2) is 8.22. The van der Waals surface area contributed by atoms with Gasteiger partial charge in [-0.1, -0.05) is 6.08 Å². The molecule has 110 valence electrons. The Morgan fingerprint density at radius 2 is 2.20 bits per heavy atom. The second-order valence-electron chi connectivity index (χ2n) is 4.26. The first-order valence-electron chi connectivity index (χ1n) is 6.40. The topological polar surface area (TPSA) is 67.8 Å². The lowest BCUT2D eigenvalue weighted by atomic mass is 10.0. The molecule has 20 heavy (non-hydrogen) atoms. The van der Waals surface area contributed by atoms with Crippen LogP contribution in [0.25, 0.3) is 0 Å². The largest absolute Gasteiger partial charge is 0.497 e. The molecule has 0 spiro atoms. The van der Waals surface area contributed by atoms with Crippen LogP contribution in [0.4, 0.5) is 0 Å². The molecule has 1 aromatic carbocycles. The SMILES string of the molecule is C=CCNC(=O)CCC(O)c1ccc(OC)cc1OC. The number of amides is 1. The van der Waals surface area contributed by atoms with E-state index in [0.717, 1.165) is 0 Å². The van der Waals surface area contributed by atoms with Gasteiger partial charge in [0.1, 0.15) is 11.5 Å². The van der Waals surface area contributed by atoms with Gasteiger partial charge in [0.2, 0.25) is 5.91 Å². The molecule has 0 radical (unpaired) electrons. The summed E-state index contributed by atoms with van der Waals surface area (Å²) in [5, 5.41) is 12.8. The lowest BCUT2D eigenvalue weighted by Crippen LogP contribution is -2.23. The van der Waals surface area contributed by atoms with Crippen LogP contribution in [0.3, 0.4) is 0 Å². The maximum Gasteiger partial charge on any atom is 0.220 e. The molecule has 0 fully saturated rings. The monoisotopic (exact) mass is 279 g/mol. The fraction of sp³-hybridized carbons (Fsp3) is 0.400. The van der Waals surface area contributed by atoms with Crippen LogP contribution >= 0.6 is 0 Å². The predicted molar refractivity (Wildman–Crippen MR) is 76.9 cm³/mol. The molecule has 1 atom stereocenters. The molecular formula is C15H21NO4. The number of benzene rings is 1. The standard InChI is InChI=1S/C15H21NO4/c1-4-9-16-15(18)8-7-13(17)12-6-5-11(19-2)10-14(12)20-3/h4-6,10,13,17H,1,7-9H2,2-3H3,(H,16,18). The van der Waals surface area contributed by atoms with Crippen LogP contribution in [0.15, 0.2) is 30.9 Å². The molecule has 1 aromatic rings. The normalized spacial score (nSPS) is 11.6. The Labute approximate surface area is 119 Å². The molecule has 5 heteroatoms. The Balaban J connectivity index is 2.64. The summed E-state index contributed by atoms with van der Waals surface area (Å²) in [6, 6.07) is 5.19. The first-order valence-corrected chi connectivity index (χ1v) is 6.40. The number of aliphatic hydroxyl groups is 1. The number of hydrogen-bond acceptors (Lipinski definition) is 4. The average Bonchev–Trinajstić information content (AvgIpc) is 2.49. The maximum atomic E-state index is 11.5. The number of rotatable bonds is 8. The molecule has 0 heterocycles. The lowest BCUT2D eigenvalue weighted by molar-refractivity contribution is -0.121. The van der Waals surface area contributed by atoms with E-state index in [9.17, 15) is 9.90 Å². The molecule has 1 rings (SSSR count). The van der Waals surface area contributed by atoms with Crippen molar-refractivity contribution in [3.63, 3.8) is 0 Å². The molecule has 0 saturated carbocycles. The van der Waals surface area contributed by atoms with Gasteiger partial charge in [-0.05, 0) is 18.6 Å². The molecule has 0 saturated heterocycles. The first kappa shape index (κ1) is 16.0. The van der Waals surface area contributed by atoms with Gasteiger partial charge in [0.05, 0.1) is 20.3 Å². The van der Waals surface area contributed by atoms with Crippen molar-refractivity contribution in [3.05, 3.63) is 36.4 Å². The Hall–Kier alpha value is -2.01. The van der Waals surface area contributed by atoms with Crippen LogP contribution in [-0.2, 0) is 4.79 Å². The number of ether oxygens (including phenoxy) is 2. The number of hydrogen-bond donors (Lipinski definition) is 2. The quantitative estimate of drug-likeness (QED) is 0.712. The summed E-state index contributed by atoms with van der Waals surface area (Å²) in [4.78, 5) is 11.5. The van der Waals surface area contributed by atoms with Crippen molar-refractivity contribution in [1.82, 2.24) is 5.32 Å². The molecular weight excluding hydrogens is 258 g/mol. The molecule has 0 aliphatic carbocycles. The zero-order chi connectivity index (χ0) is 15.0. The fourth-order valence-corrected chi connectivity index (χ4v) is 1.79. The highest BCUT2D eigenvalue weighted by atomic mass is 16.5. The Kier molecular flexibility index (Phi) is 6.59. The summed E-state index contributed by atoms with van der Waals surface area (Å²) < 4.78 is 10.3. The summed E-state index contributed by atoms with van der Waals surface area (Å²) in [6.07, 6.45) is 1.42. The molecule has 1 unspecified atom stereocenters. The summed E-state index contributed by atoms with van der Waals surface area (Å²) in [5.41, 5.74) is 0.643. The Morgan fingerprint density at radius 1 is 1.45 bits per heavy atom. The van der Waals surface area contributed by atoms with Crippen LogP contribution in [0.1, 0.15) is 24.5 Å². The highest BCUT2D eigenvalue weighted by Crippen LogP contribution is 2.31. The van der Waals surface area contributed by atoms with Gasteiger partial charge < -0.3 is 19.9 Å². The van der Waals surface area contributed by atoms with Crippen molar-refractivity contribution in [2.24, 2.45) is 0 Å². The Bertz CT molecular complexity index is 459. The van der Waals surface area contributed by atoms with E-state index in [1.807, 2.05) is 0 Å². The average molecular weight is 279 g/mol. The van der Waals surface area contributed by atoms with Gasteiger partial charge >= 0.3 is 0 Å². The smallest absolute Gasteiger partial charge is 0.220 e. The second-order valence-corrected chi connectivity index (χ2v) is 4.26. The number of nitrogens with one attached hydrogen (secondary N) is 1. The van der Waals surface area contributed by atoms with Gasteiger partial charge in [-0.2, -0.15) is 0 Å². The molecule has 0 aliphatic rings. The zero-order valence-corrected chi connectivity index (χ0v) is 11.9. The van der Waals surface area contributed by atoms with E-state index in [2.05, 4.69) is 11.9 Å². The van der Waals surface area contributed by atoms with Gasteiger partial charge in [0.15, 0.2) is 0 Å². The van der Waals surface area contributed by atoms with E-state index in [1.165, 1.54) is 7.11 Å². The van der Waals surface area contributed by atoms with Crippen molar-refractivity contribution in [1.29, 1.82) is 0 Å². The van der Waals surface area contributed by atoms with Crippen LogP contribution in [-0.4, -0.2) is 31.8 Å². The van der Waals surface area contributed by atoms with Gasteiger partial charge in [0, 0.05) is 24.6 Å². The van der Waals surface area contributed by atoms with Crippen molar-refractivity contribution in [3.8, 4) is 11.5 Å². The van der Waals surface area contributed by atoms with Crippen molar-refractivity contribution in [2.75, 3.05) is 20.8 Å². The van der Waals surface area contributed by atoms with Gasteiger partial charge in [0.25, 0.3) is 0 Å². The molecule has 0 aliphatic heterocycles. The highest BCUT2D eigenvalue weighted by molar-refractivity contribution is 5.76. The third-order valence-electron chi connectivity index (χ3n) is 2.89. The molecule has 0 bridgehead atoms. The van der Waals surface area contributed by atoms with E-state index < -0.39 is 6.10 Å². The molecule has 1 amide bonds. The molecule has 0 aromatic heterocycles. The summed E-state index contributed by atoms with van der Waals surface area (Å²) >= 11 is 0. The summed E-state index contributed by atoms with van der Waals surface area (Å²) in [7, 11) is 3.09. The van der Waals surface area contributed by atoms with Crippen LogP contribution < -0.4 is 14.8 Å². The zero-order valence-electron chi connectivity index (χ0n) is 11.9. The minimum Gasteiger partial charge on any atom is -0.497 e. The molecule has 5 nitrogen and oxygen atoms in total.